The Morgan fingerprint density at radius 1 is 1.03 bits per heavy atom. The van der Waals surface area contributed by atoms with E-state index < -0.39 is 11.9 Å². The van der Waals surface area contributed by atoms with E-state index in [1.165, 1.54) is 4.90 Å². The summed E-state index contributed by atoms with van der Waals surface area (Å²) in [6.45, 7) is 3.74. The second-order valence-corrected chi connectivity index (χ2v) is 7.85. The van der Waals surface area contributed by atoms with Crippen molar-refractivity contribution in [2.24, 2.45) is 0 Å². The molecule has 160 valence electrons. The van der Waals surface area contributed by atoms with E-state index in [0.29, 0.717) is 22.6 Å². The number of aryl methyl sites for hydroxylation is 2. The van der Waals surface area contributed by atoms with Gasteiger partial charge in [-0.25, -0.2) is 4.98 Å². The molecule has 3 aromatic rings. The topological polar surface area (TPSA) is 90.2 Å². The van der Waals surface area contributed by atoms with Crippen LogP contribution in [0, 0.1) is 13.8 Å². The molecule has 8 nitrogen and oxygen atoms in total. The molecule has 2 aromatic heterocycles. The number of fused-ring (bicyclic) bond motifs is 3. The smallest absolute Gasteiger partial charge is 0.312 e. The first kappa shape index (κ1) is 20.6. The Bertz CT molecular complexity index is 1210. The van der Waals surface area contributed by atoms with Crippen LogP contribution in [-0.4, -0.2) is 46.2 Å². The van der Waals surface area contributed by atoms with Gasteiger partial charge in [0.05, 0.1) is 30.7 Å². The van der Waals surface area contributed by atoms with Crippen molar-refractivity contribution in [3.8, 4) is 22.8 Å². The monoisotopic (exact) mass is 421 g/mol. The Kier molecular flexibility index (Phi) is 5.22. The largest absolute Gasteiger partial charge is 0.422 e. The van der Waals surface area contributed by atoms with Crippen LogP contribution in [0.15, 0.2) is 30.5 Å². The Morgan fingerprint density at radius 2 is 1.65 bits per heavy atom. The van der Waals surface area contributed by atoms with Crippen LogP contribution in [0.25, 0.3) is 16.9 Å². The molecule has 0 fully saturated rings. The van der Waals surface area contributed by atoms with Gasteiger partial charge in [0.2, 0.25) is 11.7 Å². The van der Waals surface area contributed by atoms with Crippen LogP contribution in [-0.2, 0) is 20.8 Å². The molecule has 1 amide bonds. The Balaban J connectivity index is 2.00. The lowest BCUT2D eigenvalue weighted by molar-refractivity contribution is -0.142. The van der Waals surface area contributed by atoms with E-state index in [9.17, 15) is 14.4 Å². The highest BCUT2D eigenvalue weighted by Gasteiger charge is 2.28. The van der Waals surface area contributed by atoms with Gasteiger partial charge in [-0.1, -0.05) is 29.8 Å². The Labute approximate surface area is 179 Å². The minimum Gasteiger partial charge on any atom is -0.422 e. The minimum atomic E-state index is -0.531. The summed E-state index contributed by atoms with van der Waals surface area (Å²) in [5.41, 5.74) is 4.11. The zero-order valence-electron chi connectivity index (χ0n) is 17.9. The number of aromatic nitrogens is 2. The average molecular weight is 421 g/mol. The highest BCUT2D eigenvalue weighted by molar-refractivity contribution is 5.87. The fourth-order valence-corrected chi connectivity index (χ4v) is 3.46. The SMILES string of the molecule is Cc1ccc(-c2nc3c4c(c(C)cn3c2CC(=O)N(C)C)OC(=O)CCC(=O)O4)cc1. The molecule has 0 spiro atoms. The minimum absolute atomic E-state index is 0.0471. The molecule has 0 bridgehead atoms. The number of likely N-dealkylation sites (N-methyl/N-ethyl adjacent to an activating group) is 1. The number of hydrogen-bond acceptors (Lipinski definition) is 6. The molecule has 31 heavy (non-hydrogen) atoms. The van der Waals surface area contributed by atoms with Gasteiger partial charge in [-0.2, -0.15) is 0 Å². The van der Waals surface area contributed by atoms with E-state index in [2.05, 4.69) is 0 Å². The van der Waals surface area contributed by atoms with Crippen LogP contribution < -0.4 is 9.47 Å². The van der Waals surface area contributed by atoms with E-state index in [1.54, 1.807) is 31.6 Å². The quantitative estimate of drug-likeness (QED) is 0.604. The summed E-state index contributed by atoms with van der Waals surface area (Å²) in [5.74, 6) is -0.857. The first-order valence-electron chi connectivity index (χ1n) is 9.97. The fraction of sp³-hybridized carbons (Fsp3) is 0.304. The zero-order valence-corrected chi connectivity index (χ0v) is 17.9. The maximum Gasteiger partial charge on any atom is 0.312 e. The van der Waals surface area contributed by atoms with E-state index in [4.69, 9.17) is 14.5 Å². The van der Waals surface area contributed by atoms with Crippen LogP contribution in [0.1, 0.15) is 29.7 Å². The molecule has 0 unspecified atom stereocenters. The number of benzene rings is 1. The van der Waals surface area contributed by atoms with Gasteiger partial charge in [0.15, 0.2) is 11.4 Å². The molecule has 0 saturated heterocycles. The third kappa shape index (κ3) is 3.88. The van der Waals surface area contributed by atoms with E-state index in [0.717, 1.165) is 11.1 Å². The molecule has 1 aliphatic rings. The summed E-state index contributed by atoms with van der Waals surface area (Å²) in [5, 5.41) is 0. The molecular formula is C23H23N3O5. The number of esters is 2. The maximum absolute atomic E-state index is 12.6. The van der Waals surface area contributed by atoms with Crippen molar-refractivity contribution in [1.29, 1.82) is 0 Å². The standard InChI is InChI=1S/C23H23N3O5/c1-13-5-7-15(8-6-13)20-16(11-17(27)25(3)4)26-12-14(2)21-22(23(26)24-20)31-19(29)10-9-18(28)30-21/h5-8,12H,9-11H2,1-4H3. The van der Waals surface area contributed by atoms with Crippen LogP contribution in [0.5, 0.6) is 11.5 Å². The highest BCUT2D eigenvalue weighted by atomic mass is 16.6. The van der Waals surface area contributed by atoms with E-state index >= 15 is 0 Å². The number of ether oxygens (including phenoxy) is 2. The molecule has 0 aliphatic carbocycles. The third-order valence-corrected chi connectivity index (χ3v) is 5.21. The lowest BCUT2D eigenvalue weighted by atomic mass is 10.1. The number of hydrogen-bond donors (Lipinski definition) is 0. The van der Waals surface area contributed by atoms with Gasteiger partial charge in [-0.3, -0.25) is 18.8 Å². The van der Waals surface area contributed by atoms with Crippen molar-refractivity contribution in [1.82, 2.24) is 14.3 Å². The van der Waals surface area contributed by atoms with Gasteiger partial charge in [-0.05, 0) is 13.8 Å². The summed E-state index contributed by atoms with van der Waals surface area (Å²) in [6.07, 6.45) is 1.73. The van der Waals surface area contributed by atoms with E-state index in [-0.39, 0.29) is 36.7 Å². The summed E-state index contributed by atoms with van der Waals surface area (Å²) < 4.78 is 12.8. The number of amides is 1. The summed E-state index contributed by atoms with van der Waals surface area (Å²) >= 11 is 0. The zero-order chi connectivity index (χ0) is 22.3. The maximum atomic E-state index is 12.6. The number of nitrogens with zero attached hydrogens (tertiary/aromatic N) is 3. The second-order valence-electron chi connectivity index (χ2n) is 7.85. The summed E-state index contributed by atoms with van der Waals surface area (Å²) in [4.78, 5) is 43.1. The predicted octanol–water partition coefficient (Wildman–Crippen LogP) is 2.85. The lowest BCUT2D eigenvalue weighted by Crippen LogP contribution is -2.24. The van der Waals surface area contributed by atoms with Gasteiger partial charge >= 0.3 is 11.9 Å². The van der Waals surface area contributed by atoms with Gasteiger partial charge in [0, 0.05) is 31.4 Å². The number of pyridine rings is 1. The molecular weight excluding hydrogens is 398 g/mol. The molecule has 0 saturated carbocycles. The van der Waals surface area contributed by atoms with Gasteiger partial charge < -0.3 is 14.4 Å². The van der Waals surface area contributed by atoms with Crippen LogP contribution in [0.4, 0.5) is 0 Å². The summed E-state index contributed by atoms with van der Waals surface area (Å²) in [7, 11) is 3.39. The van der Waals surface area contributed by atoms with Crippen LogP contribution in [0.2, 0.25) is 0 Å². The average Bonchev–Trinajstić information content (AvgIpc) is 3.06. The van der Waals surface area contributed by atoms with Crippen molar-refractivity contribution < 1.29 is 23.9 Å². The van der Waals surface area contributed by atoms with Crippen molar-refractivity contribution in [2.75, 3.05) is 14.1 Å². The molecule has 1 aliphatic heterocycles. The van der Waals surface area contributed by atoms with Gasteiger partial charge in [0.1, 0.15) is 0 Å². The normalized spacial score (nSPS) is 13.8. The highest BCUT2D eigenvalue weighted by Crippen LogP contribution is 2.39. The number of carbonyl (C=O) groups is 3. The number of rotatable bonds is 3. The molecule has 8 heteroatoms. The van der Waals surface area contributed by atoms with Gasteiger partial charge in [0.25, 0.3) is 0 Å². The molecule has 1 aromatic carbocycles. The number of carbonyl (C=O) groups excluding carboxylic acids is 3. The van der Waals surface area contributed by atoms with Gasteiger partial charge in [-0.15, -0.1) is 0 Å². The first-order valence-corrected chi connectivity index (χ1v) is 9.97. The summed E-state index contributed by atoms with van der Waals surface area (Å²) in [6, 6.07) is 7.80. The lowest BCUT2D eigenvalue weighted by Gasteiger charge is -2.17. The van der Waals surface area contributed by atoms with Crippen molar-refractivity contribution in [3.05, 3.63) is 47.3 Å². The van der Waals surface area contributed by atoms with Crippen LogP contribution >= 0.6 is 0 Å². The predicted molar refractivity (Wildman–Crippen MR) is 113 cm³/mol. The number of imidazole rings is 1. The van der Waals surface area contributed by atoms with Crippen molar-refractivity contribution in [2.45, 2.75) is 33.1 Å². The van der Waals surface area contributed by atoms with E-state index in [1.807, 2.05) is 31.2 Å². The second kappa shape index (κ2) is 7.86. The van der Waals surface area contributed by atoms with Crippen LogP contribution in [0.3, 0.4) is 0 Å². The van der Waals surface area contributed by atoms with Crippen molar-refractivity contribution in [3.63, 3.8) is 0 Å². The third-order valence-electron chi connectivity index (χ3n) is 5.21. The Hall–Kier alpha value is -3.68. The Morgan fingerprint density at radius 3 is 2.26 bits per heavy atom. The molecule has 0 radical (unpaired) electrons. The molecule has 0 atom stereocenters. The first-order chi connectivity index (χ1) is 14.7. The molecule has 0 N–H and O–H groups in total. The van der Waals surface area contributed by atoms with Crippen molar-refractivity contribution >= 4 is 23.5 Å². The molecule has 4 rings (SSSR count). The fourth-order valence-electron chi connectivity index (χ4n) is 3.46. The molecule has 3 heterocycles.